The summed E-state index contributed by atoms with van der Waals surface area (Å²) in [6.07, 6.45) is 2.71. The van der Waals surface area contributed by atoms with E-state index >= 15 is 0 Å². The summed E-state index contributed by atoms with van der Waals surface area (Å²) in [6, 6.07) is 0. The fourth-order valence-corrected chi connectivity index (χ4v) is 2.16. The van der Waals surface area contributed by atoms with E-state index in [4.69, 9.17) is 10.7 Å². The van der Waals surface area contributed by atoms with E-state index in [0.717, 1.165) is 11.5 Å². The van der Waals surface area contributed by atoms with Crippen LogP contribution in [0.1, 0.15) is 6.92 Å². The number of thioether (sulfide) groups is 1. The molecule has 1 heterocycles. The molecular weight excluding hydrogens is 244 g/mol. The van der Waals surface area contributed by atoms with Gasteiger partial charge in [-0.1, -0.05) is 6.92 Å². The first-order valence-electron chi connectivity index (χ1n) is 4.09. The molecule has 0 fully saturated rings. The Balaban J connectivity index is 2.60. The third kappa shape index (κ3) is 3.51. The molecule has 0 bridgehead atoms. The zero-order valence-corrected chi connectivity index (χ0v) is 10.1. The Morgan fingerprint density at radius 2 is 2.36 bits per heavy atom. The van der Waals surface area contributed by atoms with Crippen LogP contribution in [0, 0.1) is 0 Å². The summed E-state index contributed by atoms with van der Waals surface area (Å²) in [7, 11) is 1.52. The molecule has 1 rings (SSSR count). The average Bonchev–Trinajstić information content (AvgIpc) is 2.52. The van der Waals surface area contributed by atoms with Crippen molar-refractivity contribution in [1.29, 1.82) is 0 Å². The minimum Gasteiger partial charge on any atom is -0.271 e. The molecule has 0 aliphatic heterocycles. The van der Waals surface area contributed by atoms with Crippen molar-refractivity contribution in [1.82, 2.24) is 9.78 Å². The fraction of sp³-hybridized carbons (Fsp3) is 0.571. The molecule has 4 nitrogen and oxygen atoms in total. The van der Waals surface area contributed by atoms with Crippen molar-refractivity contribution in [2.45, 2.75) is 18.4 Å². The molecule has 0 radical (unpaired) electrons. The summed E-state index contributed by atoms with van der Waals surface area (Å²) < 4.78 is 23.3. The van der Waals surface area contributed by atoms with Gasteiger partial charge >= 0.3 is 0 Å². The van der Waals surface area contributed by atoms with Crippen molar-refractivity contribution in [2.24, 2.45) is 0 Å². The molecule has 0 saturated carbocycles. The second kappa shape index (κ2) is 5.04. The predicted octanol–water partition coefficient (Wildman–Crippen LogP) is 1.56. The summed E-state index contributed by atoms with van der Waals surface area (Å²) in [6.45, 7) is 2.77. The third-order valence-corrected chi connectivity index (χ3v) is 3.75. The number of halogens is 1. The quantitative estimate of drug-likeness (QED) is 0.591. The lowest BCUT2D eigenvalue weighted by Gasteiger charge is -1.98. The lowest BCUT2D eigenvalue weighted by molar-refractivity contribution is 0.609. The molecule has 80 valence electrons. The van der Waals surface area contributed by atoms with E-state index in [0.29, 0.717) is 6.54 Å². The van der Waals surface area contributed by atoms with Crippen molar-refractivity contribution in [3.63, 3.8) is 0 Å². The van der Waals surface area contributed by atoms with Crippen molar-refractivity contribution < 1.29 is 8.42 Å². The molecular formula is C7H11ClN2O2S2. The van der Waals surface area contributed by atoms with Gasteiger partial charge in [-0.3, -0.25) is 4.68 Å². The number of nitrogens with zero attached hydrogens (tertiary/aromatic N) is 2. The van der Waals surface area contributed by atoms with Crippen molar-refractivity contribution in [3.05, 3.63) is 12.4 Å². The average molecular weight is 255 g/mol. The predicted molar refractivity (Wildman–Crippen MR) is 58.3 cm³/mol. The van der Waals surface area contributed by atoms with Crippen LogP contribution in [-0.2, 0) is 15.6 Å². The van der Waals surface area contributed by atoms with Crippen LogP contribution >= 0.6 is 22.4 Å². The van der Waals surface area contributed by atoms with Gasteiger partial charge in [0, 0.05) is 29.2 Å². The van der Waals surface area contributed by atoms with Crippen LogP contribution < -0.4 is 0 Å². The van der Waals surface area contributed by atoms with Gasteiger partial charge in [0.1, 0.15) is 4.90 Å². The molecule has 0 aliphatic rings. The molecule has 1 aromatic heterocycles. The Morgan fingerprint density at radius 3 is 2.86 bits per heavy atom. The van der Waals surface area contributed by atoms with Gasteiger partial charge in [-0.05, 0) is 5.75 Å². The highest BCUT2D eigenvalue weighted by Crippen LogP contribution is 2.13. The minimum absolute atomic E-state index is 0.0562. The molecule has 0 atom stereocenters. The first kappa shape index (κ1) is 11.9. The van der Waals surface area contributed by atoms with Crippen LogP contribution in [0.15, 0.2) is 17.3 Å². The molecule has 0 spiro atoms. The number of aryl methyl sites for hydroxylation is 1. The van der Waals surface area contributed by atoms with Gasteiger partial charge < -0.3 is 0 Å². The fourth-order valence-electron chi connectivity index (χ4n) is 0.895. The Morgan fingerprint density at radius 1 is 1.64 bits per heavy atom. The first-order valence-corrected chi connectivity index (χ1v) is 7.55. The second-order valence-electron chi connectivity index (χ2n) is 2.57. The molecule has 0 unspecified atom stereocenters. The topological polar surface area (TPSA) is 52.0 Å². The molecule has 0 aromatic carbocycles. The lowest BCUT2D eigenvalue weighted by atomic mass is 10.7. The van der Waals surface area contributed by atoms with Crippen LogP contribution in [0.4, 0.5) is 0 Å². The molecule has 0 amide bonds. The van der Waals surface area contributed by atoms with Crippen LogP contribution in [0.3, 0.4) is 0 Å². The Kier molecular flexibility index (Phi) is 4.28. The first-order chi connectivity index (χ1) is 6.54. The maximum Gasteiger partial charge on any atom is 0.264 e. The normalized spacial score (nSPS) is 11.9. The van der Waals surface area contributed by atoms with Crippen molar-refractivity contribution >= 4 is 31.5 Å². The van der Waals surface area contributed by atoms with Crippen LogP contribution in [-0.4, -0.2) is 29.7 Å². The molecule has 0 aliphatic carbocycles. The van der Waals surface area contributed by atoms with Gasteiger partial charge in [0.25, 0.3) is 9.05 Å². The van der Waals surface area contributed by atoms with Gasteiger partial charge in [0.2, 0.25) is 0 Å². The van der Waals surface area contributed by atoms with Crippen LogP contribution in [0.2, 0.25) is 0 Å². The summed E-state index contributed by atoms with van der Waals surface area (Å²) in [5.41, 5.74) is 0. The smallest absolute Gasteiger partial charge is 0.264 e. The van der Waals surface area contributed by atoms with Gasteiger partial charge in [-0.15, -0.1) is 0 Å². The highest BCUT2D eigenvalue weighted by atomic mass is 35.7. The SMILES string of the molecule is CCSCCn1cc(S(=O)(=O)Cl)cn1. The molecule has 0 saturated heterocycles. The van der Waals surface area contributed by atoms with Crippen LogP contribution in [0.25, 0.3) is 0 Å². The Hall–Kier alpha value is -0.200. The Labute approximate surface area is 92.1 Å². The van der Waals surface area contributed by atoms with E-state index in [-0.39, 0.29) is 4.90 Å². The molecule has 0 N–H and O–H groups in total. The molecule has 7 heteroatoms. The highest BCUT2D eigenvalue weighted by Gasteiger charge is 2.11. The zero-order valence-electron chi connectivity index (χ0n) is 7.68. The van der Waals surface area contributed by atoms with Gasteiger partial charge in [0.15, 0.2) is 0 Å². The maximum atomic E-state index is 10.9. The van der Waals surface area contributed by atoms with Gasteiger partial charge in [0.05, 0.1) is 6.20 Å². The molecule has 14 heavy (non-hydrogen) atoms. The summed E-state index contributed by atoms with van der Waals surface area (Å²) in [4.78, 5) is 0.0562. The monoisotopic (exact) mass is 254 g/mol. The second-order valence-corrected chi connectivity index (χ2v) is 6.53. The highest BCUT2D eigenvalue weighted by molar-refractivity contribution is 8.13. The number of hydrogen-bond acceptors (Lipinski definition) is 4. The van der Waals surface area contributed by atoms with E-state index < -0.39 is 9.05 Å². The summed E-state index contributed by atoms with van der Waals surface area (Å²) in [5.74, 6) is 1.96. The Bertz CT molecular complexity index is 388. The van der Waals surface area contributed by atoms with Gasteiger partial charge in [-0.2, -0.15) is 16.9 Å². The van der Waals surface area contributed by atoms with Crippen LogP contribution in [0.5, 0.6) is 0 Å². The van der Waals surface area contributed by atoms with E-state index in [1.807, 2.05) is 0 Å². The van der Waals surface area contributed by atoms with E-state index in [1.54, 1.807) is 16.4 Å². The van der Waals surface area contributed by atoms with Crippen molar-refractivity contribution in [3.8, 4) is 0 Å². The number of rotatable bonds is 5. The summed E-state index contributed by atoms with van der Waals surface area (Å²) >= 11 is 1.78. The standard InChI is InChI=1S/C7H11ClN2O2S2/c1-2-13-4-3-10-6-7(5-9-10)14(8,11)12/h5-6H,2-4H2,1H3. The number of aromatic nitrogens is 2. The summed E-state index contributed by atoms with van der Waals surface area (Å²) in [5, 5.41) is 3.89. The largest absolute Gasteiger partial charge is 0.271 e. The third-order valence-electron chi connectivity index (χ3n) is 1.56. The van der Waals surface area contributed by atoms with E-state index in [2.05, 4.69) is 12.0 Å². The maximum absolute atomic E-state index is 10.9. The van der Waals surface area contributed by atoms with E-state index in [9.17, 15) is 8.42 Å². The number of hydrogen-bond donors (Lipinski definition) is 0. The van der Waals surface area contributed by atoms with E-state index in [1.165, 1.54) is 12.4 Å². The van der Waals surface area contributed by atoms with Gasteiger partial charge in [-0.25, -0.2) is 8.42 Å². The minimum atomic E-state index is -3.63. The zero-order chi connectivity index (χ0) is 10.6. The molecule has 1 aromatic rings. The van der Waals surface area contributed by atoms with Crippen molar-refractivity contribution in [2.75, 3.05) is 11.5 Å². The lowest BCUT2D eigenvalue weighted by Crippen LogP contribution is -2.00.